The third-order valence-electron chi connectivity index (χ3n) is 1.93. The van der Waals surface area contributed by atoms with E-state index in [1.165, 1.54) is 5.56 Å². The quantitative estimate of drug-likeness (QED) is 0.810. The molecular formula is C10H14ClNO. The molecule has 2 nitrogen and oxygen atoms in total. The van der Waals surface area contributed by atoms with Gasteiger partial charge in [-0.25, -0.2) is 0 Å². The average molecular weight is 200 g/mol. The van der Waals surface area contributed by atoms with Gasteiger partial charge < -0.3 is 10.5 Å². The molecule has 0 bridgehead atoms. The molecule has 1 aromatic rings. The molecule has 13 heavy (non-hydrogen) atoms. The van der Waals surface area contributed by atoms with Gasteiger partial charge in [0.05, 0.1) is 12.1 Å². The Kier molecular flexibility index (Phi) is 3.58. The summed E-state index contributed by atoms with van der Waals surface area (Å²) in [5.41, 5.74) is 7.67. The number of benzene rings is 1. The van der Waals surface area contributed by atoms with Gasteiger partial charge in [0.15, 0.2) is 0 Å². The number of methoxy groups -OCH3 is 1. The molecule has 0 atom stereocenters. The molecule has 2 N–H and O–H groups in total. The summed E-state index contributed by atoms with van der Waals surface area (Å²) in [6.45, 7) is 2.61. The van der Waals surface area contributed by atoms with Crippen molar-refractivity contribution < 1.29 is 4.74 Å². The number of aryl methyl sites for hydroxylation is 1. The summed E-state index contributed by atoms with van der Waals surface area (Å²) in [4.78, 5) is 0. The number of rotatable bonds is 3. The van der Waals surface area contributed by atoms with Crippen LogP contribution in [0.4, 0.5) is 0 Å². The number of hydrogen-bond donors (Lipinski definition) is 1. The van der Waals surface area contributed by atoms with Crippen LogP contribution in [0.15, 0.2) is 12.1 Å². The molecule has 0 unspecified atom stereocenters. The van der Waals surface area contributed by atoms with Crippen molar-refractivity contribution in [3.8, 4) is 5.75 Å². The zero-order chi connectivity index (χ0) is 9.84. The summed E-state index contributed by atoms with van der Waals surface area (Å²) < 4.78 is 5.14. The van der Waals surface area contributed by atoms with Crippen molar-refractivity contribution in [1.29, 1.82) is 0 Å². The van der Waals surface area contributed by atoms with E-state index in [0.29, 0.717) is 11.6 Å². The predicted molar refractivity (Wildman–Crippen MR) is 55.5 cm³/mol. The van der Waals surface area contributed by atoms with Crippen LogP contribution in [0.25, 0.3) is 0 Å². The van der Waals surface area contributed by atoms with E-state index in [4.69, 9.17) is 22.1 Å². The maximum absolute atomic E-state index is 6.01. The fourth-order valence-corrected chi connectivity index (χ4v) is 1.45. The van der Waals surface area contributed by atoms with Gasteiger partial charge in [-0.15, -0.1) is 0 Å². The Morgan fingerprint density at radius 2 is 2.15 bits per heavy atom. The normalized spacial score (nSPS) is 10.2. The molecule has 1 aromatic carbocycles. The molecule has 0 heterocycles. The van der Waals surface area contributed by atoms with E-state index in [1.54, 1.807) is 7.11 Å². The second-order valence-corrected chi connectivity index (χ2v) is 3.35. The molecule has 0 saturated heterocycles. The monoisotopic (exact) mass is 199 g/mol. The summed E-state index contributed by atoms with van der Waals surface area (Å²) in [5, 5.41) is 0.684. The van der Waals surface area contributed by atoms with Gasteiger partial charge in [0, 0.05) is 0 Å². The molecule has 3 heteroatoms. The Labute approximate surface area is 83.6 Å². The minimum atomic E-state index is 0.643. The van der Waals surface area contributed by atoms with Gasteiger partial charge >= 0.3 is 0 Å². The first-order valence-corrected chi connectivity index (χ1v) is 4.60. The zero-order valence-electron chi connectivity index (χ0n) is 7.93. The highest BCUT2D eigenvalue weighted by atomic mass is 35.5. The fourth-order valence-electron chi connectivity index (χ4n) is 1.27. The van der Waals surface area contributed by atoms with Gasteiger partial charge in [0.1, 0.15) is 5.75 Å². The average Bonchev–Trinajstić information content (AvgIpc) is 2.11. The highest BCUT2D eigenvalue weighted by Gasteiger charge is 2.05. The Hall–Kier alpha value is -0.730. The number of ether oxygens (including phenoxy) is 1. The largest absolute Gasteiger partial charge is 0.495 e. The Morgan fingerprint density at radius 1 is 1.46 bits per heavy atom. The van der Waals surface area contributed by atoms with E-state index in [-0.39, 0.29) is 0 Å². The van der Waals surface area contributed by atoms with Gasteiger partial charge in [0.25, 0.3) is 0 Å². The van der Waals surface area contributed by atoms with Crippen molar-refractivity contribution in [2.75, 3.05) is 13.7 Å². The van der Waals surface area contributed by atoms with E-state index in [1.807, 2.05) is 19.1 Å². The Bertz CT molecular complexity index is 299. The number of nitrogens with two attached hydrogens (primary N) is 1. The second-order valence-electron chi connectivity index (χ2n) is 2.97. The highest BCUT2D eigenvalue weighted by molar-refractivity contribution is 6.32. The first-order chi connectivity index (χ1) is 6.19. The summed E-state index contributed by atoms with van der Waals surface area (Å²) >= 11 is 6.01. The van der Waals surface area contributed by atoms with Crippen LogP contribution in [0.5, 0.6) is 5.75 Å². The van der Waals surface area contributed by atoms with Crippen LogP contribution >= 0.6 is 11.6 Å². The van der Waals surface area contributed by atoms with Crippen LogP contribution < -0.4 is 10.5 Å². The lowest BCUT2D eigenvalue weighted by molar-refractivity contribution is 0.414. The molecule has 0 aliphatic heterocycles. The van der Waals surface area contributed by atoms with Crippen molar-refractivity contribution >= 4 is 11.6 Å². The van der Waals surface area contributed by atoms with Gasteiger partial charge in [-0.05, 0) is 37.1 Å². The SMILES string of the molecule is COc1cc(CCN)cc(C)c1Cl. The summed E-state index contributed by atoms with van der Waals surface area (Å²) in [6, 6.07) is 3.97. The molecule has 0 fully saturated rings. The number of halogens is 1. The summed E-state index contributed by atoms with van der Waals surface area (Å²) in [7, 11) is 1.62. The third-order valence-corrected chi connectivity index (χ3v) is 2.42. The summed E-state index contributed by atoms with van der Waals surface area (Å²) in [5.74, 6) is 0.727. The minimum Gasteiger partial charge on any atom is -0.495 e. The first-order valence-electron chi connectivity index (χ1n) is 4.22. The minimum absolute atomic E-state index is 0.643. The molecule has 0 aliphatic rings. The molecule has 0 spiro atoms. The smallest absolute Gasteiger partial charge is 0.137 e. The Morgan fingerprint density at radius 3 is 2.69 bits per heavy atom. The molecule has 72 valence electrons. The van der Waals surface area contributed by atoms with Crippen molar-refractivity contribution in [1.82, 2.24) is 0 Å². The van der Waals surface area contributed by atoms with Crippen LogP contribution in [-0.4, -0.2) is 13.7 Å². The summed E-state index contributed by atoms with van der Waals surface area (Å²) in [6.07, 6.45) is 0.856. The topological polar surface area (TPSA) is 35.2 Å². The predicted octanol–water partition coefficient (Wildman–Crippen LogP) is 2.16. The van der Waals surface area contributed by atoms with Crippen molar-refractivity contribution in [2.24, 2.45) is 5.73 Å². The van der Waals surface area contributed by atoms with Crippen molar-refractivity contribution in [3.63, 3.8) is 0 Å². The first kappa shape index (κ1) is 10.4. The van der Waals surface area contributed by atoms with E-state index >= 15 is 0 Å². The third kappa shape index (κ3) is 2.36. The molecular weight excluding hydrogens is 186 g/mol. The van der Waals surface area contributed by atoms with Crippen LogP contribution in [0.3, 0.4) is 0 Å². The molecule has 0 amide bonds. The van der Waals surface area contributed by atoms with E-state index < -0.39 is 0 Å². The standard InChI is InChI=1S/C10H14ClNO/c1-7-5-8(3-4-12)6-9(13-2)10(7)11/h5-6H,3-4,12H2,1-2H3. The molecule has 0 saturated carbocycles. The van der Waals surface area contributed by atoms with Gasteiger partial charge in [0.2, 0.25) is 0 Å². The van der Waals surface area contributed by atoms with E-state index in [0.717, 1.165) is 17.7 Å². The van der Waals surface area contributed by atoms with Gasteiger partial charge in [-0.1, -0.05) is 17.7 Å². The lowest BCUT2D eigenvalue weighted by atomic mass is 10.1. The lowest BCUT2D eigenvalue weighted by Crippen LogP contribution is -2.03. The maximum atomic E-state index is 6.01. The Balaban J connectivity index is 3.06. The number of hydrogen-bond acceptors (Lipinski definition) is 2. The van der Waals surface area contributed by atoms with Gasteiger partial charge in [-0.3, -0.25) is 0 Å². The van der Waals surface area contributed by atoms with E-state index in [9.17, 15) is 0 Å². The van der Waals surface area contributed by atoms with Crippen LogP contribution in [-0.2, 0) is 6.42 Å². The highest BCUT2D eigenvalue weighted by Crippen LogP contribution is 2.29. The van der Waals surface area contributed by atoms with E-state index in [2.05, 4.69) is 0 Å². The van der Waals surface area contributed by atoms with Crippen molar-refractivity contribution in [3.05, 3.63) is 28.3 Å². The van der Waals surface area contributed by atoms with Crippen molar-refractivity contribution in [2.45, 2.75) is 13.3 Å². The molecule has 0 aliphatic carbocycles. The van der Waals surface area contributed by atoms with Crippen LogP contribution in [0.1, 0.15) is 11.1 Å². The molecule has 0 radical (unpaired) electrons. The fraction of sp³-hybridized carbons (Fsp3) is 0.400. The maximum Gasteiger partial charge on any atom is 0.137 e. The zero-order valence-corrected chi connectivity index (χ0v) is 8.69. The van der Waals surface area contributed by atoms with Crippen LogP contribution in [0, 0.1) is 6.92 Å². The molecule has 1 rings (SSSR count). The molecule has 0 aromatic heterocycles. The lowest BCUT2D eigenvalue weighted by Gasteiger charge is -2.08. The van der Waals surface area contributed by atoms with Crippen LogP contribution in [0.2, 0.25) is 5.02 Å². The van der Waals surface area contributed by atoms with Gasteiger partial charge in [-0.2, -0.15) is 0 Å². The second kappa shape index (κ2) is 4.49.